The van der Waals surface area contributed by atoms with Crippen molar-refractivity contribution in [3.8, 4) is 0 Å². The molecule has 0 heteroatoms. The van der Waals surface area contributed by atoms with Crippen molar-refractivity contribution < 1.29 is 0 Å². The van der Waals surface area contributed by atoms with Gasteiger partial charge in [0, 0.05) is 0 Å². The van der Waals surface area contributed by atoms with Gasteiger partial charge in [-0.05, 0) is 132 Å². The smallest absolute Gasteiger partial charge is 0.0159 e. The van der Waals surface area contributed by atoms with Crippen molar-refractivity contribution in [1.29, 1.82) is 0 Å². The Morgan fingerprint density at radius 1 is 0.629 bits per heavy atom. The van der Waals surface area contributed by atoms with Crippen LogP contribution in [0.4, 0.5) is 0 Å². The fourth-order valence-electron chi connectivity index (χ4n) is 12.9. The summed E-state index contributed by atoms with van der Waals surface area (Å²) in [4.78, 5) is 0. The van der Waals surface area contributed by atoms with E-state index in [2.05, 4.69) is 78.8 Å². The highest BCUT2D eigenvalue weighted by Crippen LogP contribution is 2.78. The summed E-state index contributed by atoms with van der Waals surface area (Å²) >= 11 is 0. The van der Waals surface area contributed by atoms with E-state index in [-0.39, 0.29) is 0 Å². The zero-order valence-corrected chi connectivity index (χ0v) is 24.1. The Morgan fingerprint density at radius 3 is 1.94 bits per heavy atom. The molecule has 0 amide bonds. The molecule has 1 unspecified atom stereocenters. The Morgan fingerprint density at radius 2 is 1.26 bits per heavy atom. The van der Waals surface area contributed by atoms with Gasteiger partial charge in [0.2, 0.25) is 0 Å². The molecule has 0 saturated heterocycles. The first-order valence-corrected chi connectivity index (χ1v) is 15.5. The third-order valence-corrected chi connectivity index (χ3v) is 14.7. The van der Waals surface area contributed by atoms with Gasteiger partial charge in [-0.1, -0.05) is 85.2 Å². The van der Waals surface area contributed by atoms with Crippen molar-refractivity contribution >= 4 is 0 Å². The van der Waals surface area contributed by atoms with Crippen molar-refractivity contribution in [2.45, 2.75) is 125 Å². The Labute approximate surface area is 217 Å². The van der Waals surface area contributed by atoms with Crippen LogP contribution in [0.1, 0.15) is 131 Å². The van der Waals surface area contributed by atoms with Crippen LogP contribution in [-0.2, 0) is 0 Å². The number of rotatable bonds is 2. The first-order chi connectivity index (χ1) is 16.5. The first-order valence-electron chi connectivity index (χ1n) is 15.5. The molecule has 0 N–H and O–H groups in total. The van der Waals surface area contributed by atoms with Crippen molar-refractivity contribution in [3.63, 3.8) is 0 Å². The first kappa shape index (κ1) is 24.6. The van der Waals surface area contributed by atoms with E-state index in [0.717, 1.165) is 29.6 Å². The summed E-state index contributed by atoms with van der Waals surface area (Å²) in [5.41, 5.74) is 4.31. The molecule has 0 aromatic heterocycles. The Kier molecular flexibility index (Phi) is 5.52. The molecule has 10 atom stereocenters. The maximum absolute atomic E-state index is 2.82. The van der Waals surface area contributed by atoms with E-state index in [9.17, 15) is 0 Å². The molecule has 1 aromatic rings. The van der Waals surface area contributed by atoms with Crippen molar-refractivity contribution in [2.24, 2.45) is 56.7 Å². The molecule has 5 saturated carbocycles. The summed E-state index contributed by atoms with van der Waals surface area (Å²) in [6.07, 6.45) is 16.4. The molecule has 35 heavy (non-hydrogen) atoms. The fourth-order valence-corrected chi connectivity index (χ4v) is 12.9. The van der Waals surface area contributed by atoms with Crippen LogP contribution in [0.2, 0.25) is 0 Å². The van der Waals surface area contributed by atoms with Gasteiger partial charge >= 0.3 is 0 Å². The van der Waals surface area contributed by atoms with Crippen molar-refractivity contribution in [3.05, 3.63) is 35.9 Å². The average Bonchev–Trinajstić information content (AvgIpc) is 3.16. The summed E-state index contributed by atoms with van der Waals surface area (Å²) < 4.78 is 0. The summed E-state index contributed by atoms with van der Waals surface area (Å²) in [6.45, 7) is 19.0. The maximum atomic E-state index is 2.82. The molecule has 0 spiro atoms. The van der Waals surface area contributed by atoms with Crippen LogP contribution < -0.4 is 0 Å². The Bertz CT molecular complexity index is 944. The molecule has 5 aliphatic rings. The lowest BCUT2D eigenvalue weighted by molar-refractivity contribution is -0.241. The van der Waals surface area contributed by atoms with Crippen LogP contribution in [0, 0.1) is 56.7 Å². The fraction of sp³-hybridized carbons (Fsp3) is 0.829. The molecular weight excluding hydrogens is 420 g/mol. The summed E-state index contributed by atoms with van der Waals surface area (Å²) in [5, 5.41) is 0. The Balaban J connectivity index is 1.32. The van der Waals surface area contributed by atoms with E-state index in [1.165, 1.54) is 70.6 Å². The lowest BCUT2D eigenvalue weighted by Gasteiger charge is -2.73. The predicted molar refractivity (Wildman–Crippen MR) is 149 cm³/mol. The van der Waals surface area contributed by atoms with Gasteiger partial charge in [-0.2, -0.15) is 0 Å². The number of benzene rings is 1. The lowest BCUT2D eigenvalue weighted by atomic mass is 9.32. The van der Waals surface area contributed by atoms with Gasteiger partial charge in [0.05, 0.1) is 0 Å². The third kappa shape index (κ3) is 3.16. The highest BCUT2D eigenvalue weighted by Gasteiger charge is 2.70. The molecule has 0 radical (unpaired) electrons. The number of hydrogen-bond acceptors (Lipinski definition) is 0. The largest absolute Gasteiger partial charge is 0.0622 e. The lowest BCUT2D eigenvalue weighted by Crippen LogP contribution is -2.65. The number of fused-ring (bicyclic) bond motifs is 7. The quantitative estimate of drug-likeness (QED) is 0.400. The molecule has 5 fully saturated rings. The topological polar surface area (TPSA) is 0 Å². The average molecular weight is 475 g/mol. The van der Waals surface area contributed by atoms with Crippen LogP contribution in [0.15, 0.2) is 30.3 Å². The molecular formula is C35H54. The molecule has 0 bridgehead atoms. The molecule has 194 valence electrons. The van der Waals surface area contributed by atoms with Crippen molar-refractivity contribution in [2.75, 3.05) is 0 Å². The third-order valence-electron chi connectivity index (χ3n) is 14.7. The van der Waals surface area contributed by atoms with Gasteiger partial charge in [-0.3, -0.25) is 0 Å². The van der Waals surface area contributed by atoms with Crippen molar-refractivity contribution in [1.82, 2.24) is 0 Å². The van der Waals surface area contributed by atoms with Crippen LogP contribution in [-0.4, -0.2) is 0 Å². The van der Waals surface area contributed by atoms with Gasteiger partial charge in [0.25, 0.3) is 0 Å². The molecule has 0 heterocycles. The maximum Gasteiger partial charge on any atom is -0.0159 e. The minimum atomic E-state index is 0.529. The van der Waals surface area contributed by atoms with Gasteiger partial charge in [-0.15, -0.1) is 0 Å². The monoisotopic (exact) mass is 474 g/mol. The molecule has 0 nitrogen and oxygen atoms in total. The normalized spacial score (nSPS) is 51.5. The van der Waals surface area contributed by atoms with E-state index in [4.69, 9.17) is 0 Å². The van der Waals surface area contributed by atoms with E-state index in [0.29, 0.717) is 33.0 Å². The van der Waals surface area contributed by atoms with Gasteiger partial charge in [0.15, 0.2) is 0 Å². The van der Waals surface area contributed by atoms with Crippen LogP contribution in [0.3, 0.4) is 0 Å². The highest BCUT2D eigenvalue weighted by atomic mass is 14.7. The predicted octanol–water partition coefficient (Wildman–Crippen LogP) is 10.3. The second kappa shape index (κ2) is 7.86. The standard InChI is InChI=1S/C35H54/c1-24(25-12-9-8-10-13-25)26-16-21-32(4)27(26)17-22-34(6)29(32)14-15-30-33(5)20-11-19-31(2,3)28(33)18-23-35(30,34)7/h8-10,12-13,24,26-30H,11,14-23H2,1-7H3/t24?,26-,27+,28+,29-,30-,32+,33+,34-,35-/m1/s1. The van der Waals surface area contributed by atoms with Gasteiger partial charge < -0.3 is 0 Å². The van der Waals surface area contributed by atoms with Crippen LogP contribution in [0.25, 0.3) is 0 Å². The Hall–Kier alpha value is -0.780. The SMILES string of the molecule is CC(c1ccccc1)[C@H]1CC[C@]2(C)[C@H]3CC[C@@H]4[C@@]5(C)CCCC(C)(C)[C@@H]5CC[C@@]4(C)[C@]3(C)CC[C@@H]12. The molecule has 5 aliphatic carbocycles. The minimum absolute atomic E-state index is 0.529. The zero-order chi connectivity index (χ0) is 24.9. The van der Waals surface area contributed by atoms with Gasteiger partial charge in [0.1, 0.15) is 0 Å². The molecule has 0 aliphatic heterocycles. The van der Waals surface area contributed by atoms with E-state index in [1.807, 2.05) is 0 Å². The second-order valence-corrected chi connectivity index (χ2v) is 16.0. The van der Waals surface area contributed by atoms with E-state index >= 15 is 0 Å². The zero-order valence-electron chi connectivity index (χ0n) is 24.1. The van der Waals surface area contributed by atoms with E-state index in [1.54, 1.807) is 5.56 Å². The summed E-state index contributed by atoms with van der Waals surface area (Å²) in [6, 6.07) is 11.5. The summed E-state index contributed by atoms with van der Waals surface area (Å²) in [7, 11) is 0. The molecule has 1 aromatic carbocycles. The number of hydrogen-bond donors (Lipinski definition) is 0. The summed E-state index contributed by atoms with van der Waals surface area (Å²) in [5.74, 6) is 5.32. The van der Waals surface area contributed by atoms with Crippen LogP contribution >= 0.6 is 0 Å². The van der Waals surface area contributed by atoms with E-state index < -0.39 is 0 Å². The minimum Gasteiger partial charge on any atom is -0.0622 e. The highest BCUT2D eigenvalue weighted by molar-refractivity contribution is 5.23. The van der Waals surface area contributed by atoms with Crippen LogP contribution in [0.5, 0.6) is 0 Å². The second-order valence-electron chi connectivity index (χ2n) is 16.0. The molecule has 6 rings (SSSR count). The van der Waals surface area contributed by atoms with Gasteiger partial charge in [-0.25, -0.2) is 0 Å².